The number of aromatic amines is 1. The van der Waals surface area contributed by atoms with E-state index in [1.807, 2.05) is 64.1 Å². The van der Waals surface area contributed by atoms with Crippen molar-refractivity contribution in [3.63, 3.8) is 0 Å². The van der Waals surface area contributed by atoms with E-state index in [1.165, 1.54) is 0 Å². The number of nitrogens with zero attached hydrogens (tertiary/aromatic N) is 3. The summed E-state index contributed by atoms with van der Waals surface area (Å²) in [6, 6.07) is 19.1. The van der Waals surface area contributed by atoms with E-state index in [2.05, 4.69) is 41.9 Å². The Labute approximate surface area is 315 Å². The smallest absolute Gasteiger partial charge is 0.407 e. The van der Waals surface area contributed by atoms with Crippen LogP contribution in [0.3, 0.4) is 0 Å². The Morgan fingerprint density at radius 1 is 0.926 bits per heavy atom. The Morgan fingerprint density at radius 3 is 2.22 bits per heavy atom. The number of carbonyl (C=O) groups excluding carboxylic acids is 4. The van der Waals surface area contributed by atoms with Gasteiger partial charge in [-0.2, -0.15) is 5.21 Å². The number of aliphatic hydroxyl groups is 1. The fourth-order valence-electron chi connectivity index (χ4n) is 6.42. The SMILES string of the molecule is Cc1cc(C(=O)NC(C)CO)ccc1-c1ccc(C[C@H](NC(=O)C2CCC(CNC(=O)OC(C)(C)C)CC2)C(=O)Nc2ccc(-c3nn[nH]n3)cc2)cc1. The van der Waals surface area contributed by atoms with Crippen LogP contribution in [0.1, 0.15) is 74.9 Å². The molecular formula is C40H50N8O6. The highest BCUT2D eigenvalue weighted by atomic mass is 16.6. The molecule has 1 fully saturated rings. The number of benzene rings is 3. The van der Waals surface area contributed by atoms with Crippen LogP contribution in [-0.4, -0.2) is 80.4 Å². The average Bonchev–Trinajstić information content (AvgIpc) is 3.69. The number of aliphatic hydroxyl groups excluding tert-OH is 1. The van der Waals surface area contributed by atoms with Gasteiger partial charge in [-0.1, -0.05) is 30.3 Å². The van der Waals surface area contributed by atoms with Gasteiger partial charge in [-0.3, -0.25) is 14.4 Å². The lowest BCUT2D eigenvalue weighted by atomic mass is 9.81. The number of tetrazole rings is 1. The van der Waals surface area contributed by atoms with Crippen LogP contribution in [0.15, 0.2) is 66.7 Å². The van der Waals surface area contributed by atoms with E-state index in [0.29, 0.717) is 36.5 Å². The number of aryl methyl sites for hydroxylation is 1. The van der Waals surface area contributed by atoms with Gasteiger partial charge in [-0.25, -0.2) is 4.79 Å². The first-order valence-electron chi connectivity index (χ1n) is 18.3. The first kappa shape index (κ1) is 39.6. The van der Waals surface area contributed by atoms with Crippen molar-refractivity contribution in [1.29, 1.82) is 0 Å². The minimum Gasteiger partial charge on any atom is -0.444 e. The summed E-state index contributed by atoms with van der Waals surface area (Å²) in [5.41, 5.74) is 4.89. The lowest BCUT2D eigenvalue weighted by molar-refractivity contribution is -0.130. The zero-order valence-corrected chi connectivity index (χ0v) is 31.4. The lowest BCUT2D eigenvalue weighted by Crippen LogP contribution is -2.48. The Morgan fingerprint density at radius 2 is 1.61 bits per heavy atom. The Hall–Kier alpha value is -5.63. The molecule has 4 amide bonds. The van der Waals surface area contributed by atoms with Crippen LogP contribution in [-0.2, 0) is 20.7 Å². The average molecular weight is 739 g/mol. The zero-order valence-electron chi connectivity index (χ0n) is 31.4. The van der Waals surface area contributed by atoms with Gasteiger partial charge in [-0.15, -0.1) is 10.2 Å². The number of carbonyl (C=O) groups is 4. The number of nitrogens with one attached hydrogen (secondary N) is 5. The molecule has 1 unspecified atom stereocenters. The number of anilines is 1. The molecule has 1 aliphatic rings. The second-order valence-corrected chi connectivity index (χ2v) is 15.0. The van der Waals surface area contributed by atoms with Crippen LogP contribution in [0, 0.1) is 18.8 Å². The number of aromatic nitrogens is 4. The van der Waals surface area contributed by atoms with Crippen molar-refractivity contribution in [2.45, 2.75) is 84.4 Å². The third kappa shape index (κ3) is 11.2. The number of hydrogen-bond donors (Lipinski definition) is 6. The molecular weight excluding hydrogens is 688 g/mol. The van der Waals surface area contributed by atoms with Crippen LogP contribution >= 0.6 is 0 Å². The van der Waals surface area contributed by atoms with Crippen molar-refractivity contribution in [1.82, 2.24) is 36.6 Å². The van der Waals surface area contributed by atoms with E-state index in [9.17, 15) is 24.3 Å². The molecule has 5 rings (SSSR count). The third-order valence-electron chi connectivity index (χ3n) is 9.39. The first-order chi connectivity index (χ1) is 25.8. The highest BCUT2D eigenvalue weighted by Gasteiger charge is 2.30. The van der Waals surface area contributed by atoms with E-state index in [0.717, 1.165) is 40.7 Å². The molecule has 0 radical (unpaired) electrons. The molecule has 4 aromatic rings. The van der Waals surface area contributed by atoms with E-state index < -0.39 is 17.7 Å². The van der Waals surface area contributed by atoms with Gasteiger partial charge >= 0.3 is 6.09 Å². The molecule has 14 heteroatoms. The second kappa shape index (κ2) is 17.9. The molecule has 3 aromatic carbocycles. The van der Waals surface area contributed by atoms with E-state index in [1.54, 1.807) is 37.3 Å². The molecule has 0 spiro atoms. The molecule has 14 nitrogen and oxygen atoms in total. The molecule has 1 heterocycles. The minimum absolute atomic E-state index is 0.144. The van der Waals surface area contributed by atoms with Crippen LogP contribution in [0.4, 0.5) is 10.5 Å². The zero-order chi connectivity index (χ0) is 38.8. The van der Waals surface area contributed by atoms with Gasteiger partial charge in [0.15, 0.2) is 0 Å². The highest BCUT2D eigenvalue weighted by Crippen LogP contribution is 2.29. The van der Waals surface area contributed by atoms with Gasteiger partial charge in [0.2, 0.25) is 17.6 Å². The molecule has 0 saturated heterocycles. The van der Waals surface area contributed by atoms with Crippen LogP contribution in [0.2, 0.25) is 0 Å². The summed E-state index contributed by atoms with van der Waals surface area (Å²) < 4.78 is 5.35. The van der Waals surface area contributed by atoms with Crippen LogP contribution in [0.25, 0.3) is 22.5 Å². The predicted molar refractivity (Wildman–Crippen MR) is 204 cm³/mol. The van der Waals surface area contributed by atoms with Crippen LogP contribution in [0.5, 0.6) is 0 Å². The summed E-state index contributed by atoms with van der Waals surface area (Å²) in [5.74, 6) is -0.363. The maximum atomic E-state index is 13.8. The number of H-pyrrole nitrogens is 1. The molecule has 54 heavy (non-hydrogen) atoms. The molecule has 2 atom stereocenters. The molecule has 6 N–H and O–H groups in total. The van der Waals surface area contributed by atoms with E-state index in [4.69, 9.17) is 4.74 Å². The van der Waals surface area contributed by atoms with Gasteiger partial charge in [0.05, 0.1) is 6.61 Å². The molecule has 1 aromatic heterocycles. The quantitative estimate of drug-likeness (QED) is 0.110. The molecule has 1 saturated carbocycles. The van der Waals surface area contributed by atoms with Gasteiger partial charge < -0.3 is 31.1 Å². The maximum Gasteiger partial charge on any atom is 0.407 e. The third-order valence-corrected chi connectivity index (χ3v) is 9.39. The molecule has 1 aliphatic carbocycles. The largest absolute Gasteiger partial charge is 0.444 e. The second-order valence-electron chi connectivity index (χ2n) is 15.0. The number of alkyl carbamates (subject to hydrolysis) is 1. The number of rotatable bonds is 13. The summed E-state index contributed by atoms with van der Waals surface area (Å²) >= 11 is 0. The summed E-state index contributed by atoms with van der Waals surface area (Å²) in [6.45, 7) is 9.47. The molecule has 0 bridgehead atoms. The van der Waals surface area contributed by atoms with Crippen molar-refractivity contribution in [3.8, 4) is 22.5 Å². The Kier molecular flexibility index (Phi) is 13.1. The fraction of sp³-hybridized carbons (Fsp3) is 0.425. The number of amides is 4. The fourth-order valence-corrected chi connectivity index (χ4v) is 6.42. The topological polar surface area (TPSA) is 200 Å². The highest BCUT2D eigenvalue weighted by molar-refractivity contribution is 5.98. The summed E-state index contributed by atoms with van der Waals surface area (Å²) in [7, 11) is 0. The standard InChI is InChI=1S/C40H50N8O6/c1-24-20-31(37(51)42-25(2)23-49)16-19-33(24)28-10-6-26(7-11-28)21-34(38(52)43-32-17-14-29(15-18-32)35-45-47-48-46-35)44-36(50)30-12-8-27(9-13-30)22-41-39(53)54-40(3,4)5/h6-7,10-11,14-20,25,27,30,34,49H,8-9,12-13,21-23H2,1-5H3,(H,41,53)(H,42,51)(H,43,52)(H,44,50)(H,45,46,47,48)/t25?,27?,30?,34-/m0/s1. The van der Waals surface area contributed by atoms with Crippen molar-refractivity contribution in [2.75, 3.05) is 18.5 Å². The number of hydrogen-bond acceptors (Lipinski definition) is 9. The lowest BCUT2D eigenvalue weighted by Gasteiger charge is -2.29. The Bertz CT molecular complexity index is 1880. The summed E-state index contributed by atoms with van der Waals surface area (Å²) in [5, 5.41) is 34.9. The predicted octanol–water partition coefficient (Wildman–Crippen LogP) is 4.95. The van der Waals surface area contributed by atoms with E-state index in [-0.39, 0.29) is 48.6 Å². The van der Waals surface area contributed by atoms with Crippen molar-refractivity contribution >= 4 is 29.5 Å². The van der Waals surface area contributed by atoms with E-state index >= 15 is 0 Å². The summed E-state index contributed by atoms with van der Waals surface area (Å²) in [4.78, 5) is 52.1. The van der Waals surface area contributed by atoms with Gasteiger partial charge in [0, 0.05) is 41.7 Å². The normalized spacial score (nSPS) is 16.8. The molecule has 0 aliphatic heterocycles. The van der Waals surface area contributed by atoms with Crippen molar-refractivity contribution < 1.29 is 29.0 Å². The van der Waals surface area contributed by atoms with Crippen LogP contribution < -0.4 is 21.3 Å². The monoisotopic (exact) mass is 738 g/mol. The maximum absolute atomic E-state index is 13.8. The first-order valence-corrected chi connectivity index (χ1v) is 18.3. The number of ether oxygens (including phenoxy) is 1. The molecule has 286 valence electrons. The van der Waals surface area contributed by atoms with Gasteiger partial charge in [0.25, 0.3) is 5.91 Å². The Balaban J connectivity index is 1.25. The summed E-state index contributed by atoms with van der Waals surface area (Å²) in [6.07, 6.45) is 2.64. The van der Waals surface area contributed by atoms with Crippen molar-refractivity contribution in [2.24, 2.45) is 11.8 Å². The minimum atomic E-state index is -0.854. The van der Waals surface area contributed by atoms with Crippen molar-refractivity contribution in [3.05, 3.63) is 83.4 Å². The van der Waals surface area contributed by atoms with Gasteiger partial charge in [0.1, 0.15) is 11.6 Å². The van der Waals surface area contributed by atoms with Gasteiger partial charge in [-0.05, 0) is 130 Å².